The zero-order valence-corrected chi connectivity index (χ0v) is 11.7. The first kappa shape index (κ1) is 13.8. The fourth-order valence-electron chi connectivity index (χ4n) is 2.10. The van der Waals surface area contributed by atoms with Gasteiger partial charge < -0.3 is 0 Å². The third kappa shape index (κ3) is 2.87. The van der Waals surface area contributed by atoms with Crippen molar-refractivity contribution >= 4 is 28.7 Å². The highest BCUT2D eigenvalue weighted by Gasteiger charge is 2.34. The first-order valence-corrected chi connectivity index (χ1v) is 7.01. The molecule has 0 radical (unpaired) electrons. The summed E-state index contributed by atoms with van der Waals surface area (Å²) in [6.07, 6.45) is 0.621. The zero-order chi connectivity index (χ0) is 14.0. The maximum atomic E-state index is 12.1. The summed E-state index contributed by atoms with van der Waals surface area (Å²) in [6, 6.07) is 6.84. The van der Waals surface area contributed by atoms with Crippen molar-refractivity contribution in [3.8, 4) is 0 Å². The molecule has 0 bridgehead atoms. The number of carbonyl (C=O) groups excluding carboxylic acids is 3. The molecular weight excluding hydrogens is 262 g/mol. The monoisotopic (exact) mass is 277 g/mol. The van der Waals surface area contributed by atoms with E-state index in [4.69, 9.17) is 0 Å². The van der Waals surface area contributed by atoms with Gasteiger partial charge in [-0.1, -0.05) is 30.8 Å². The standard InChI is InChI=1S/C14H15NO3S/c1-9(19-10(2)16)7-8-15-13(17)11-5-3-4-6-12(11)14(15)18/h3-6,9H,7-8H2,1-2H3. The van der Waals surface area contributed by atoms with Crippen molar-refractivity contribution < 1.29 is 14.4 Å². The molecule has 2 rings (SSSR count). The molecule has 1 atom stereocenters. The van der Waals surface area contributed by atoms with Gasteiger partial charge in [0.25, 0.3) is 11.8 Å². The molecule has 4 nitrogen and oxygen atoms in total. The summed E-state index contributed by atoms with van der Waals surface area (Å²) in [6.45, 7) is 3.79. The molecule has 0 saturated carbocycles. The Morgan fingerprint density at radius 1 is 1.21 bits per heavy atom. The maximum absolute atomic E-state index is 12.1. The van der Waals surface area contributed by atoms with E-state index in [0.29, 0.717) is 24.1 Å². The molecule has 19 heavy (non-hydrogen) atoms. The fraction of sp³-hybridized carbons (Fsp3) is 0.357. The van der Waals surface area contributed by atoms with E-state index in [1.54, 1.807) is 24.3 Å². The van der Waals surface area contributed by atoms with E-state index in [9.17, 15) is 14.4 Å². The molecule has 5 heteroatoms. The molecule has 0 aromatic heterocycles. The van der Waals surface area contributed by atoms with E-state index in [2.05, 4.69) is 0 Å². The van der Waals surface area contributed by atoms with Crippen LogP contribution in [-0.2, 0) is 4.79 Å². The van der Waals surface area contributed by atoms with Gasteiger partial charge in [0.15, 0.2) is 5.12 Å². The van der Waals surface area contributed by atoms with Crippen molar-refractivity contribution in [2.45, 2.75) is 25.5 Å². The Kier molecular flexibility index (Phi) is 4.04. The van der Waals surface area contributed by atoms with Crippen LogP contribution >= 0.6 is 11.8 Å². The topological polar surface area (TPSA) is 54.5 Å². The predicted octanol–water partition coefficient (Wildman–Crippen LogP) is 2.34. The van der Waals surface area contributed by atoms with Crippen LogP contribution in [0.3, 0.4) is 0 Å². The molecule has 0 spiro atoms. The van der Waals surface area contributed by atoms with Gasteiger partial charge in [-0.3, -0.25) is 19.3 Å². The Morgan fingerprint density at radius 3 is 2.21 bits per heavy atom. The van der Waals surface area contributed by atoms with Crippen LogP contribution in [0, 0.1) is 0 Å². The van der Waals surface area contributed by atoms with Crippen molar-refractivity contribution in [3.05, 3.63) is 35.4 Å². The second kappa shape index (κ2) is 5.57. The number of amides is 2. The van der Waals surface area contributed by atoms with Gasteiger partial charge in [0.2, 0.25) is 0 Å². The smallest absolute Gasteiger partial charge is 0.261 e. The van der Waals surface area contributed by atoms with Crippen LogP contribution in [-0.4, -0.2) is 33.6 Å². The average molecular weight is 277 g/mol. The van der Waals surface area contributed by atoms with Gasteiger partial charge in [0, 0.05) is 18.7 Å². The lowest BCUT2D eigenvalue weighted by molar-refractivity contribution is -0.109. The molecule has 1 aromatic carbocycles. The van der Waals surface area contributed by atoms with Gasteiger partial charge in [0.1, 0.15) is 0 Å². The second-order valence-corrected chi connectivity index (χ2v) is 6.13. The number of carbonyl (C=O) groups is 3. The molecule has 1 aliphatic heterocycles. The lowest BCUT2D eigenvalue weighted by Gasteiger charge is -2.16. The van der Waals surface area contributed by atoms with Crippen molar-refractivity contribution in [2.75, 3.05) is 6.54 Å². The Bertz CT molecular complexity index is 506. The zero-order valence-electron chi connectivity index (χ0n) is 10.9. The minimum atomic E-state index is -0.236. The normalized spacial score (nSPS) is 15.6. The number of imide groups is 1. The van der Waals surface area contributed by atoms with Crippen LogP contribution in [0.1, 0.15) is 41.0 Å². The van der Waals surface area contributed by atoms with Crippen molar-refractivity contribution in [2.24, 2.45) is 0 Å². The molecule has 0 fully saturated rings. The van der Waals surface area contributed by atoms with Gasteiger partial charge in [-0.05, 0) is 18.6 Å². The Morgan fingerprint density at radius 2 is 1.74 bits per heavy atom. The van der Waals surface area contributed by atoms with Gasteiger partial charge >= 0.3 is 0 Å². The Hall–Kier alpha value is -1.62. The number of rotatable bonds is 4. The molecule has 0 aliphatic carbocycles. The summed E-state index contributed by atoms with van der Waals surface area (Å²) in [5, 5.41) is 0.150. The predicted molar refractivity (Wildman–Crippen MR) is 74.2 cm³/mol. The first-order chi connectivity index (χ1) is 9.00. The molecule has 1 aliphatic rings. The van der Waals surface area contributed by atoms with Gasteiger partial charge in [-0.25, -0.2) is 0 Å². The highest BCUT2D eigenvalue weighted by Crippen LogP contribution is 2.24. The highest BCUT2D eigenvalue weighted by molar-refractivity contribution is 8.14. The summed E-state index contributed by atoms with van der Waals surface area (Å²) >= 11 is 1.24. The maximum Gasteiger partial charge on any atom is 0.261 e. The van der Waals surface area contributed by atoms with Crippen molar-refractivity contribution in [3.63, 3.8) is 0 Å². The minimum Gasteiger partial charge on any atom is -0.288 e. The van der Waals surface area contributed by atoms with E-state index in [0.717, 1.165) is 0 Å². The second-order valence-electron chi connectivity index (χ2n) is 4.52. The summed E-state index contributed by atoms with van der Waals surface area (Å²) < 4.78 is 0. The van der Waals surface area contributed by atoms with Gasteiger partial charge in [-0.2, -0.15) is 0 Å². The molecule has 0 N–H and O–H groups in total. The fourth-order valence-corrected chi connectivity index (χ4v) is 2.89. The molecule has 2 amide bonds. The van der Waals surface area contributed by atoms with E-state index in [1.165, 1.54) is 23.6 Å². The lowest BCUT2D eigenvalue weighted by Crippen LogP contribution is -2.32. The third-order valence-corrected chi connectivity index (χ3v) is 3.97. The minimum absolute atomic E-state index is 0.0508. The quantitative estimate of drug-likeness (QED) is 0.793. The van der Waals surface area contributed by atoms with Crippen molar-refractivity contribution in [1.29, 1.82) is 0 Å². The van der Waals surface area contributed by atoms with Crippen LogP contribution in [0.5, 0.6) is 0 Å². The lowest BCUT2D eigenvalue weighted by atomic mass is 10.1. The van der Waals surface area contributed by atoms with Crippen LogP contribution in [0.4, 0.5) is 0 Å². The molecule has 0 saturated heterocycles. The largest absolute Gasteiger partial charge is 0.288 e. The number of thioether (sulfide) groups is 1. The van der Waals surface area contributed by atoms with E-state index >= 15 is 0 Å². The van der Waals surface area contributed by atoms with Crippen LogP contribution in [0.25, 0.3) is 0 Å². The average Bonchev–Trinajstić information content (AvgIpc) is 2.60. The van der Waals surface area contributed by atoms with E-state index < -0.39 is 0 Å². The number of benzene rings is 1. The van der Waals surface area contributed by atoms with Gasteiger partial charge in [-0.15, -0.1) is 0 Å². The molecule has 1 aromatic rings. The first-order valence-electron chi connectivity index (χ1n) is 6.13. The molecule has 100 valence electrons. The van der Waals surface area contributed by atoms with Crippen LogP contribution in [0.2, 0.25) is 0 Å². The Labute approximate surface area is 116 Å². The molecule has 1 heterocycles. The highest BCUT2D eigenvalue weighted by atomic mass is 32.2. The number of hydrogen-bond donors (Lipinski definition) is 0. The number of nitrogens with zero attached hydrogens (tertiary/aromatic N) is 1. The Balaban J connectivity index is 2.02. The summed E-state index contributed by atoms with van der Waals surface area (Å²) in [4.78, 5) is 36.4. The van der Waals surface area contributed by atoms with Crippen molar-refractivity contribution in [1.82, 2.24) is 4.90 Å². The number of fused-ring (bicyclic) bond motifs is 1. The third-order valence-electron chi connectivity index (χ3n) is 3.00. The van der Waals surface area contributed by atoms with E-state index in [-0.39, 0.29) is 22.2 Å². The van der Waals surface area contributed by atoms with E-state index in [1.807, 2.05) is 6.92 Å². The number of hydrogen-bond acceptors (Lipinski definition) is 4. The van der Waals surface area contributed by atoms with Gasteiger partial charge in [0.05, 0.1) is 11.1 Å². The summed E-state index contributed by atoms with van der Waals surface area (Å²) in [7, 11) is 0. The SMILES string of the molecule is CC(=O)SC(C)CCN1C(=O)c2ccccc2C1=O. The summed E-state index contributed by atoms with van der Waals surface area (Å²) in [5.41, 5.74) is 0.943. The van der Waals surface area contributed by atoms with Crippen LogP contribution in [0.15, 0.2) is 24.3 Å². The van der Waals surface area contributed by atoms with Crippen LogP contribution < -0.4 is 0 Å². The molecule has 1 unspecified atom stereocenters. The summed E-state index contributed by atoms with van der Waals surface area (Å²) in [5.74, 6) is -0.471. The molecular formula is C14H15NO3S.